The Morgan fingerprint density at radius 2 is 1.07 bits per heavy atom. The van der Waals surface area contributed by atoms with Crippen molar-refractivity contribution in [1.82, 2.24) is 0 Å². The minimum atomic E-state index is -1.17. The third-order valence-corrected chi connectivity index (χ3v) is 21.4. The Morgan fingerprint density at radius 1 is 0.655 bits per heavy atom. The second-order valence-electron chi connectivity index (χ2n) is 9.40. The molecule has 4 rings (SSSR count). The van der Waals surface area contributed by atoms with Crippen LogP contribution in [0.3, 0.4) is 0 Å². The molecule has 0 saturated carbocycles. The van der Waals surface area contributed by atoms with E-state index in [-0.39, 0.29) is 0 Å². The summed E-state index contributed by atoms with van der Waals surface area (Å²) in [6, 6.07) is 23.9. The molecule has 2 atom stereocenters. The monoisotopic (exact) mass is 426 g/mol. The van der Waals surface area contributed by atoms with Gasteiger partial charge in [-0.3, -0.25) is 0 Å². The average Bonchev–Trinajstić information content (AvgIpc) is 3.35. The molecule has 2 saturated heterocycles. The second-order valence-corrected chi connectivity index (χ2v) is 18.2. The Kier molecular flexibility index (Phi) is 6.83. The molecule has 0 aliphatic carbocycles. The lowest BCUT2D eigenvalue weighted by Gasteiger charge is -2.44. The van der Waals surface area contributed by atoms with Crippen LogP contribution in [-0.4, -0.2) is 29.5 Å². The Balaban J connectivity index is 1.91. The second kappa shape index (κ2) is 9.20. The maximum atomic E-state index is 2.54. The minimum Gasteiger partial charge on any atom is -0.0652 e. The lowest BCUT2D eigenvalue weighted by molar-refractivity contribution is 0.676. The van der Waals surface area contributed by atoms with E-state index in [4.69, 9.17) is 0 Å². The first-order valence-electron chi connectivity index (χ1n) is 12.1. The third kappa shape index (κ3) is 3.44. The fraction of sp³-hybridized carbons (Fsp3) is 0.556. The molecule has 0 bridgehead atoms. The van der Waals surface area contributed by atoms with Gasteiger partial charge in [-0.15, -0.1) is 0 Å². The zero-order valence-electron chi connectivity index (χ0n) is 18.7. The third-order valence-electron chi connectivity index (χ3n) is 8.12. The van der Waals surface area contributed by atoms with Gasteiger partial charge in [0, 0.05) is 12.8 Å². The smallest absolute Gasteiger partial charge is 0.0652 e. The average molecular weight is 427 g/mol. The van der Waals surface area contributed by atoms with Crippen LogP contribution < -0.4 is 10.6 Å². The Morgan fingerprint density at radius 3 is 1.45 bits per heavy atom. The predicted octanol–water partition coefficient (Wildman–Crippen LogP) is 7.56. The van der Waals surface area contributed by atoms with Gasteiger partial charge < -0.3 is 0 Å². The van der Waals surface area contributed by atoms with E-state index in [2.05, 4.69) is 74.5 Å². The van der Waals surface area contributed by atoms with Crippen LogP contribution in [-0.2, 0) is 0 Å². The fourth-order valence-electron chi connectivity index (χ4n) is 6.95. The topological polar surface area (TPSA) is 0 Å². The summed E-state index contributed by atoms with van der Waals surface area (Å²) in [5, 5.41) is 3.56. The van der Waals surface area contributed by atoms with Crippen LogP contribution in [0, 0.1) is 0 Å². The van der Waals surface area contributed by atoms with Crippen LogP contribution in [0.5, 0.6) is 0 Å². The highest BCUT2D eigenvalue weighted by Gasteiger charge is 2.78. The van der Waals surface area contributed by atoms with Crippen molar-refractivity contribution < 1.29 is 0 Å². The summed E-state index contributed by atoms with van der Waals surface area (Å²) >= 11 is 0. The van der Waals surface area contributed by atoms with Crippen LogP contribution >= 0.6 is 14.5 Å². The quantitative estimate of drug-likeness (QED) is 0.382. The van der Waals surface area contributed by atoms with E-state index < -0.39 is 14.5 Å². The first-order valence-corrected chi connectivity index (χ1v) is 16.4. The molecule has 2 heterocycles. The number of hydrogen-bond donors (Lipinski definition) is 0. The molecular formula is C27H40P2+2. The fourth-order valence-corrected chi connectivity index (χ4v) is 22.8. The van der Waals surface area contributed by atoms with Crippen LogP contribution in [0.2, 0.25) is 0 Å². The van der Waals surface area contributed by atoms with Crippen molar-refractivity contribution in [2.45, 2.75) is 70.1 Å². The summed E-state index contributed by atoms with van der Waals surface area (Å²) in [7, 11) is -2.34. The lowest BCUT2D eigenvalue weighted by Crippen LogP contribution is -2.40. The molecule has 0 nitrogen and oxygen atoms in total. The van der Waals surface area contributed by atoms with Crippen molar-refractivity contribution in [1.29, 1.82) is 0 Å². The van der Waals surface area contributed by atoms with Gasteiger partial charge in [0.25, 0.3) is 0 Å². The molecule has 2 fully saturated rings. The molecule has 1 spiro atoms. The Bertz CT molecular complexity index is 704. The SMILES string of the molecule is CCCC[P+]1(c2ccccc2)CCCC12CCC[P+]2(CCCC)c1ccccc1. The molecule has 2 unspecified atom stereocenters. The van der Waals surface area contributed by atoms with Crippen molar-refractivity contribution in [3.05, 3.63) is 60.7 Å². The summed E-state index contributed by atoms with van der Waals surface area (Å²) in [5.41, 5.74) is 0. The van der Waals surface area contributed by atoms with Gasteiger partial charge in [0.1, 0.15) is 0 Å². The van der Waals surface area contributed by atoms with Crippen molar-refractivity contribution in [3.63, 3.8) is 0 Å². The summed E-state index contributed by atoms with van der Waals surface area (Å²) in [5.74, 6) is 0. The molecule has 2 aliphatic rings. The summed E-state index contributed by atoms with van der Waals surface area (Å²) < 4.78 is 0. The molecule has 0 aromatic heterocycles. The molecule has 29 heavy (non-hydrogen) atoms. The van der Waals surface area contributed by atoms with Gasteiger partial charge in [0.05, 0.1) is 49.8 Å². The van der Waals surface area contributed by atoms with E-state index in [0.717, 1.165) is 0 Å². The standard InChI is InChI=1S/C27H40P2/c1-3-5-21-28(25-15-9-7-10-16-25)23-13-19-27(28)20-14-24-29(27,22-6-4-2)26-17-11-8-12-18-26/h7-12,15-18H,3-6,13-14,19-24H2,1-2H3/q+2. The van der Waals surface area contributed by atoms with Crippen molar-refractivity contribution >= 4 is 25.1 Å². The molecule has 156 valence electrons. The number of hydrogen-bond acceptors (Lipinski definition) is 0. The highest BCUT2D eigenvalue weighted by molar-refractivity contribution is 8.01. The first-order chi connectivity index (χ1) is 14.2. The summed E-state index contributed by atoms with van der Waals surface area (Å²) in [6.07, 6.45) is 17.6. The zero-order chi connectivity index (χ0) is 20.2. The maximum Gasteiger partial charge on any atom is 0.187 e. The molecule has 2 aromatic rings. The number of rotatable bonds is 8. The van der Waals surface area contributed by atoms with Crippen molar-refractivity contribution in [3.8, 4) is 0 Å². The molecular weight excluding hydrogens is 386 g/mol. The van der Waals surface area contributed by atoms with Crippen LogP contribution in [0.4, 0.5) is 0 Å². The molecule has 2 aromatic carbocycles. The molecule has 0 N–H and O–H groups in total. The normalized spacial score (nSPS) is 31.5. The lowest BCUT2D eigenvalue weighted by atomic mass is 10.2. The summed E-state index contributed by atoms with van der Waals surface area (Å²) in [4.78, 5) is 0.646. The molecule has 2 aliphatic heterocycles. The largest absolute Gasteiger partial charge is 0.187 e. The zero-order valence-corrected chi connectivity index (χ0v) is 20.4. The van der Waals surface area contributed by atoms with Crippen molar-refractivity contribution in [2.24, 2.45) is 0 Å². The molecule has 0 amide bonds. The number of unbranched alkanes of at least 4 members (excludes halogenated alkanes) is 2. The van der Waals surface area contributed by atoms with Gasteiger partial charge in [0.2, 0.25) is 0 Å². The van der Waals surface area contributed by atoms with E-state index >= 15 is 0 Å². The van der Waals surface area contributed by atoms with Gasteiger partial charge in [-0.1, -0.05) is 63.1 Å². The van der Waals surface area contributed by atoms with E-state index in [0.29, 0.717) is 4.90 Å². The van der Waals surface area contributed by atoms with E-state index in [1.165, 1.54) is 76.0 Å². The van der Waals surface area contributed by atoms with Crippen LogP contribution in [0.1, 0.15) is 65.2 Å². The van der Waals surface area contributed by atoms with Crippen LogP contribution in [0.15, 0.2) is 60.7 Å². The highest BCUT2D eigenvalue weighted by atomic mass is 31.2. The minimum absolute atomic E-state index is 0.646. The van der Waals surface area contributed by atoms with E-state index in [1.807, 2.05) is 0 Å². The summed E-state index contributed by atoms with van der Waals surface area (Å²) in [6.45, 7) is 4.80. The van der Waals surface area contributed by atoms with Crippen LogP contribution in [0.25, 0.3) is 0 Å². The van der Waals surface area contributed by atoms with Gasteiger partial charge in [0.15, 0.2) is 4.90 Å². The van der Waals surface area contributed by atoms with Gasteiger partial charge >= 0.3 is 0 Å². The maximum absolute atomic E-state index is 2.54. The van der Waals surface area contributed by atoms with E-state index in [9.17, 15) is 0 Å². The molecule has 2 heteroatoms. The van der Waals surface area contributed by atoms with Gasteiger partial charge in [-0.05, 0) is 49.9 Å². The number of benzene rings is 2. The Hall–Kier alpha value is -0.700. The van der Waals surface area contributed by atoms with Crippen molar-refractivity contribution in [2.75, 3.05) is 24.6 Å². The first kappa shape index (κ1) is 21.5. The molecule has 0 radical (unpaired) electrons. The predicted molar refractivity (Wildman–Crippen MR) is 136 cm³/mol. The van der Waals surface area contributed by atoms with E-state index in [1.54, 1.807) is 10.6 Å². The van der Waals surface area contributed by atoms with Gasteiger partial charge in [-0.25, -0.2) is 0 Å². The van der Waals surface area contributed by atoms with Gasteiger partial charge in [-0.2, -0.15) is 0 Å². The Labute approximate surface area is 180 Å². The highest BCUT2D eigenvalue weighted by Crippen LogP contribution is 2.93.